The van der Waals surface area contributed by atoms with Gasteiger partial charge in [0.25, 0.3) is 0 Å². The predicted octanol–water partition coefficient (Wildman–Crippen LogP) is 3.94. The number of hydrogen-bond donors (Lipinski definition) is 1. The van der Waals surface area contributed by atoms with Crippen LogP contribution in [0.3, 0.4) is 0 Å². The van der Waals surface area contributed by atoms with E-state index in [0.29, 0.717) is 5.02 Å². The van der Waals surface area contributed by atoms with Crippen molar-refractivity contribution in [3.63, 3.8) is 0 Å². The van der Waals surface area contributed by atoms with E-state index in [1.165, 1.54) is 0 Å². The summed E-state index contributed by atoms with van der Waals surface area (Å²) in [6.45, 7) is 2.05. The molecule has 1 rings (SSSR count). The van der Waals surface area contributed by atoms with Crippen LogP contribution < -0.4 is 0 Å². The Balaban J connectivity index is 2.84. The Kier molecular flexibility index (Phi) is 4.23. The van der Waals surface area contributed by atoms with Crippen LogP contribution in [0, 0.1) is 0 Å². The van der Waals surface area contributed by atoms with Crippen molar-refractivity contribution in [3.05, 3.63) is 33.3 Å². The van der Waals surface area contributed by atoms with Crippen LogP contribution in [-0.4, -0.2) is 5.11 Å². The van der Waals surface area contributed by atoms with Crippen molar-refractivity contribution >= 4 is 27.5 Å². The molecule has 0 aliphatic rings. The highest BCUT2D eigenvalue weighted by atomic mass is 79.9. The Labute approximate surface area is 91.9 Å². The van der Waals surface area contributed by atoms with E-state index in [2.05, 4.69) is 15.9 Å². The molecule has 0 aliphatic heterocycles. The van der Waals surface area contributed by atoms with Crippen molar-refractivity contribution in [2.24, 2.45) is 0 Å². The first-order valence-electron chi connectivity index (χ1n) is 4.28. The topological polar surface area (TPSA) is 20.2 Å². The molecule has 0 aromatic heterocycles. The summed E-state index contributed by atoms with van der Waals surface area (Å²) in [5.41, 5.74) is 0.915. The molecule has 0 fully saturated rings. The van der Waals surface area contributed by atoms with Gasteiger partial charge in [-0.3, -0.25) is 0 Å². The van der Waals surface area contributed by atoms with Crippen molar-refractivity contribution in [2.45, 2.75) is 25.9 Å². The zero-order chi connectivity index (χ0) is 9.84. The maximum absolute atomic E-state index is 9.67. The van der Waals surface area contributed by atoms with Gasteiger partial charge in [-0.05, 0) is 40.0 Å². The van der Waals surface area contributed by atoms with Crippen LogP contribution in [0.1, 0.15) is 31.4 Å². The minimum atomic E-state index is -0.376. The lowest BCUT2D eigenvalue weighted by atomic mass is 10.1. The number of aliphatic hydroxyl groups is 1. The smallest absolute Gasteiger partial charge is 0.0790 e. The van der Waals surface area contributed by atoms with Gasteiger partial charge in [0.2, 0.25) is 0 Å². The Morgan fingerprint density at radius 2 is 2.23 bits per heavy atom. The molecule has 0 saturated carbocycles. The van der Waals surface area contributed by atoms with Crippen LogP contribution >= 0.6 is 27.5 Å². The molecule has 0 saturated heterocycles. The van der Waals surface area contributed by atoms with Gasteiger partial charge in [0.15, 0.2) is 0 Å². The number of halogens is 2. The predicted molar refractivity (Wildman–Crippen MR) is 59.0 cm³/mol. The van der Waals surface area contributed by atoms with E-state index in [1.54, 1.807) is 6.07 Å². The van der Waals surface area contributed by atoms with Crippen molar-refractivity contribution in [1.82, 2.24) is 0 Å². The third kappa shape index (κ3) is 2.97. The average molecular weight is 264 g/mol. The van der Waals surface area contributed by atoms with E-state index in [-0.39, 0.29) is 6.10 Å². The van der Waals surface area contributed by atoms with Crippen molar-refractivity contribution in [1.29, 1.82) is 0 Å². The highest BCUT2D eigenvalue weighted by Gasteiger charge is 2.07. The number of aliphatic hydroxyl groups excluding tert-OH is 1. The summed E-state index contributed by atoms with van der Waals surface area (Å²) >= 11 is 9.16. The summed E-state index contributed by atoms with van der Waals surface area (Å²) in [6.07, 6.45) is 1.38. The maximum Gasteiger partial charge on any atom is 0.0790 e. The summed E-state index contributed by atoms with van der Waals surface area (Å²) in [6, 6.07) is 5.51. The van der Waals surface area contributed by atoms with Crippen LogP contribution in [-0.2, 0) is 0 Å². The van der Waals surface area contributed by atoms with Gasteiger partial charge < -0.3 is 5.11 Å². The maximum atomic E-state index is 9.67. The van der Waals surface area contributed by atoms with Gasteiger partial charge in [-0.2, -0.15) is 0 Å². The molecule has 0 unspecified atom stereocenters. The molecule has 13 heavy (non-hydrogen) atoms. The van der Waals surface area contributed by atoms with Crippen LogP contribution in [0.4, 0.5) is 0 Å². The molecule has 0 radical (unpaired) electrons. The fourth-order valence-corrected chi connectivity index (χ4v) is 1.67. The molecule has 1 aromatic carbocycles. The second-order valence-electron chi connectivity index (χ2n) is 2.98. The molecule has 1 aromatic rings. The minimum Gasteiger partial charge on any atom is -0.388 e. The standard InChI is InChI=1S/C10H12BrClO/c1-2-3-10(13)7-4-5-9(12)8(11)6-7/h4-6,10,13H,2-3H2,1H3/t10-/m0/s1. The molecular weight excluding hydrogens is 251 g/mol. The Hall–Kier alpha value is -0.0500. The van der Waals surface area contributed by atoms with E-state index in [1.807, 2.05) is 19.1 Å². The molecule has 1 N–H and O–H groups in total. The fraction of sp³-hybridized carbons (Fsp3) is 0.400. The first kappa shape index (κ1) is 11.0. The minimum absolute atomic E-state index is 0.376. The largest absolute Gasteiger partial charge is 0.388 e. The van der Waals surface area contributed by atoms with E-state index in [0.717, 1.165) is 22.9 Å². The van der Waals surface area contributed by atoms with Crippen molar-refractivity contribution in [3.8, 4) is 0 Å². The van der Waals surface area contributed by atoms with E-state index < -0.39 is 0 Å². The normalized spacial score (nSPS) is 12.9. The summed E-state index contributed by atoms with van der Waals surface area (Å²) in [5, 5.41) is 10.3. The average Bonchev–Trinajstić information content (AvgIpc) is 2.10. The summed E-state index contributed by atoms with van der Waals surface area (Å²) in [5.74, 6) is 0. The van der Waals surface area contributed by atoms with Crippen molar-refractivity contribution < 1.29 is 5.11 Å². The first-order valence-corrected chi connectivity index (χ1v) is 5.45. The quantitative estimate of drug-likeness (QED) is 0.876. The van der Waals surface area contributed by atoms with Gasteiger partial charge in [0.1, 0.15) is 0 Å². The first-order chi connectivity index (χ1) is 6.15. The molecule has 1 atom stereocenters. The number of hydrogen-bond acceptors (Lipinski definition) is 1. The number of benzene rings is 1. The van der Waals surface area contributed by atoms with Crippen LogP contribution in [0.2, 0.25) is 5.02 Å². The second kappa shape index (κ2) is 4.99. The molecule has 3 heteroatoms. The monoisotopic (exact) mass is 262 g/mol. The molecule has 0 bridgehead atoms. The SMILES string of the molecule is CCC[C@H](O)c1ccc(Cl)c(Br)c1. The Morgan fingerprint density at radius 3 is 2.77 bits per heavy atom. The molecule has 1 nitrogen and oxygen atoms in total. The van der Waals surface area contributed by atoms with E-state index in [4.69, 9.17) is 11.6 Å². The van der Waals surface area contributed by atoms with Gasteiger partial charge in [-0.25, -0.2) is 0 Å². The van der Waals surface area contributed by atoms with Crippen molar-refractivity contribution in [2.75, 3.05) is 0 Å². The zero-order valence-corrected chi connectivity index (χ0v) is 9.77. The van der Waals surface area contributed by atoms with Crippen LogP contribution in [0.5, 0.6) is 0 Å². The molecule has 0 heterocycles. The lowest BCUT2D eigenvalue weighted by molar-refractivity contribution is 0.166. The van der Waals surface area contributed by atoms with Gasteiger partial charge in [0.05, 0.1) is 11.1 Å². The highest BCUT2D eigenvalue weighted by molar-refractivity contribution is 9.10. The highest BCUT2D eigenvalue weighted by Crippen LogP contribution is 2.27. The lowest BCUT2D eigenvalue weighted by Gasteiger charge is -2.10. The van der Waals surface area contributed by atoms with Crippen LogP contribution in [0.25, 0.3) is 0 Å². The van der Waals surface area contributed by atoms with Gasteiger partial charge in [-0.15, -0.1) is 0 Å². The fourth-order valence-electron chi connectivity index (χ4n) is 1.16. The molecular formula is C10H12BrClO. The molecule has 0 aliphatic carbocycles. The Morgan fingerprint density at radius 1 is 1.54 bits per heavy atom. The number of rotatable bonds is 3. The summed E-state index contributed by atoms with van der Waals surface area (Å²) in [4.78, 5) is 0. The van der Waals surface area contributed by atoms with Gasteiger partial charge >= 0.3 is 0 Å². The van der Waals surface area contributed by atoms with E-state index >= 15 is 0 Å². The summed E-state index contributed by atoms with van der Waals surface area (Å²) in [7, 11) is 0. The lowest BCUT2D eigenvalue weighted by Crippen LogP contribution is -1.96. The third-order valence-electron chi connectivity index (χ3n) is 1.89. The Bertz CT molecular complexity index is 288. The second-order valence-corrected chi connectivity index (χ2v) is 4.24. The zero-order valence-electron chi connectivity index (χ0n) is 7.43. The molecule has 0 spiro atoms. The van der Waals surface area contributed by atoms with Gasteiger partial charge in [-0.1, -0.05) is 31.0 Å². The molecule has 72 valence electrons. The third-order valence-corrected chi connectivity index (χ3v) is 3.10. The van der Waals surface area contributed by atoms with Crippen LogP contribution in [0.15, 0.2) is 22.7 Å². The summed E-state index contributed by atoms with van der Waals surface area (Å²) < 4.78 is 0.835. The molecule has 0 amide bonds. The van der Waals surface area contributed by atoms with Gasteiger partial charge in [0, 0.05) is 4.47 Å². The van der Waals surface area contributed by atoms with E-state index in [9.17, 15) is 5.11 Å².